The van der Waals surface area contributed by atoms with Crippen LogP contribution in [0.1, 0.15) is 18.5 Å². The van der Waals surface area contributed by atoms with E-state index in [9.17, 15) is 9.59 Å². The van der Waals surface area contributed by atoms with Gasteiger partial charge in [0, 0.05) is 19.1 Å². The third-order valence-electron chi connectivity index (χ3n) is 3.59. The summed E-state index contributed by atoms with van der Waals surface area (Å²) in [5.41, 5.74) is -0.579. The van der Waals surface area contributed by atoms with Crippen LogP contribution in [0, 0.1) is 5.41 Å². The monoisotopic (exact) mass is 249 g/mol. The fraction of sp³-hybridized carbons (Fsp3) is 0.385. The highest BCUT2D eigenvalue weighted by atomic mass is 16.4. The molecule has 96 valence electrons. The first-order valence-electron chi connectivity index (χ1n) is 5.73. The van der Waals surface area contributed by atoms with E-state index in [-0.39, 0.29) is 19.1 Å². The Kier molecular flexibility index (Phi) is 3.09. The lowest BCUT2D eigenvalue weighted by atomic mass is 9.78. The van der Waals surface area contributed by atoms with Gasteiger partial charge in [0.25, 0.3) is 0 Å². The molecule has 1 heterocycles. The third kappa shape index (κ3) is 1.86. The average Bonchev–Trinajstić information content (AvgIpc) is 2.27. The molecular weight excluding hydrogens is 234 g/mol. The summed E-state index contributed by atoms with van der Waals surface area (Å²) in [5.74, 6) is -2.52. The van der Waals surface area contributed by atoms with Gasteiger partial charge < -0.3 is 10.2 Å². The molecule has 0 radical (unpaired) electrons. The minimum Gasteiger partial charge on any atom is -0.480 e. The number of benzene rings is 1. The quantitative estimate of drug-likeness (QED) is 0.784. The normalized spacial score (nSPS) is 19.8. The van der Waals surface area contributed by atoms with Crippen molar-refractivity contribution in [2.45, 2.75) is 13.0 Å². The predicted octanol–water partition coefficient (Wildman–Crippen LogP) is 1.22. The van der Waals surface area contributed by atoms with Gasteiger partial charge in [-0.25, -0.2) is 0 Å². The molecule has 0 amide bonds. The van der Waals surface area contributed by atoms with Crippen LogP contribution >= 0.6 is 0 Å². The molecule has 0 bridgehead atoms. The number of aliphatic carboxylic acids is 2. The summed E-state index contributed by atoms with van der Waals surface area (Å²) in [5, 5.41) is 18.0. The first-order valence-corrected chi connectivity index (χ1v) is 5.73. The van der Waals surface area contributed by atoms with E-state index in [1.54, 1.807) is 0 Å². The molecule has 1 aliphatic rings. The molecule has 1 atom stereocenters. The van der Waals surface area contributed by atoms with Gasteiger partial charge >= 0.3 is 11.9 Å². The number of carboxylic acid groups (broad SMARTS) is 2. The summed E-state index contributed by atoms with van der Waals surface area (Å²) >= 11 is 0. The molecule has 2 N–H and O–H groups in total. The van der Waals surface area contributed by atoms with Crippen molar-refractivity contribution in [2.24, 2.45) is 5.41 Å². The molecule has 1 unspecified atom stereocenters. The van der Waals surface area contributed by atoms with Crippen molar-refractivity contribution in [1.29, 1.82) is 0 Å². The highest BCUT2D eigenvalue weighted by Crippen LogP contribution is 2.37. The van der Waals surface area contributed by atoms with Gasteiger partial charge in [-0.1, -0.05) is 30.3 Å². The molecule has 1 fully saturated rings. The number of hydrogen-bond donors (Lipinski definition) is 2. The summed E-state index contributed by atoms with van der Waals surface area (Å²) < 4.78 is 0. The third-order valence-corrected chi connectivity index (χ3v) is 3.59. The molecule has 0 saturated carbocycles. The first-order chi connectivity index (χ1) is 8.47. The van der Waals surface area contributed by atoms with E-state index in [0.717, 1.165) is 5.56 Å². The molecular formula is C13H15NO4. The SMILES string of the molecule is CC(c1ccccc1)N1CC(C(=O)O)(C(=O)O)C1. The zero-order valence-corrected chi connectivity index (χ0v) is 10.0. The van der Waals surface area contributed by atoms with Crippen molar-refractivity contribution in [3.63, 3.8) is 0 Å². The Bertz CT molecular complexity index is 449. The van der Waals surface area contributed by atoms with Crippen molar-refractivity contribution in [3.05, 3.63) is 35.9 Å². The van der Waals surface area contributed by atoms with Crippen LogP contribution in [0.3, 0.4) is 0 Å². The van der Waals surface area contributed by atoms with Crippen LogP contribution in [0.25, 0.3) is 0 Å². The molecule has 5 heteroatoms. The second-order valence-electron chi connectivity index (χ2n) is 4.68. The van der Waals surface area contributed by atoms with Crippen LogP contribution in [0.15, 0.2) is 30.3 Å². The van der Waals surface area contributed by atoms with Gasteiger partial charge in [-0.3, -0.25) is 14.5 Å². The number of carbonyl (C=O) groups is 2. The van der Waals surface area contributed by atoms with Crippen LogP contribution < -0.4 is 0 Å². The molecule has 1 aromatic carbocycles. The zero-order chi connectivity index (χ0) is 13.3. The van der Waals surface area contributed by atoms with Gasteiger partial charge in [0.15, 0.2) is 5.41 Å². The molecule has 0 aromatic heterocycles. The number of nitrogens with zero attached hydrogens (tertiary/aromatic N) is 1. The number of carboxylic acids is 2. The summed E-state index contributed by atoms with van der Waals surface area (Å²) in [6, 6.07) is 9.65. The smallest absolute Gasteiger partial charge is 0.323 e. The molecule has 18 heavy (non-hydrogen) atoms. The predicted molar refractivity (Wildman–Crippen MR) is 64.1 cm³/mol. The summed E-state index contributed by atoms with van der Waals surface area (Å²) in [6.07, 6.45) is 0. The van der Waals surface area contributed by atoms with Crippen molar-refractivity contribution in [3.8, 4) is 0 Å². The van der Waals surface area contributed by atoms with Crippen LogP contribution in [0.2, 0.25) is 0 Å². The zero-order valence-electron chi connectivity index (χ0n) is 10.0. The maximum absolute atomic E-state index is 11.0. The van der Waals surface area contributed by atoms with Crippen molar-refractivity contribution in [1.82, 2.24) is 4.90 Å². The lowest BCUT2D eigenvalue weighted by molar-refractivity contribution is -0.180. The first kappa shape index (κ1) is 12.6. The van der Waals surface area contributed by atoms with Gasteiger partial charge in [-0.2, -0.15) is 0 Å². The lowest BCUT2D eigenvalue weighted by Gasteiger charge is -2.47. The summed E-state index contributed by atoms with van der Waals surface area (Å²) in [6.45, 7) is 2.05. The fourth-order valence-corrected chi connectivity index (χ4v) is 2.23. The summed E-state index contributed by atoms with van der Waals surface area (Å²) in [7, 11) is 0. The van der Waals surface area contributed by atoms with Crippen molar-refractivity contribution >= 4 is 11.9 Å². The van der Waals surface area contributed by atoms with Crippen LogP contribution in [0.5, 0.6) is 0 Å². The maximum atomic E-state index is 11.0. The van der Waals surface area contributed by atoms with E-state index >= 15 is 0 Å². The van der Waals surface area contributed by atoms with E-state index < -0.39 is 17.4 Å². The minimum absolute atomic E-state index is 0.0259. The van der Waals surface area contributed by atoms with E-state index in [0.29, 0.717) is 0 Å². The van der Waals surface area contributed by atoms with E-state index in [4.69, 9.17) is 10.2 Å². The van der Waals surface area contributed by atoms with E-state index in [2.05, 4.69) is 0 Å². The standard InChI is InChI=1S/C13H15NO4/c1-9(10-5-3-2-4-6-10)14-7-13(8-14,11(15)16)12(17)18/h2-6,9H,7-8H2,1H3,(H,15,16)(H,17,18). The lowest BCUT2D eigenvalue weighted by Crippen LogP contribution is -2.64. The topological polar surface area (TPSA) is 77.8 Å². The molecule has 1 aromatic rings. The molecule has 5 nitrogen and oxygen atoms in total. The van der Waals surface area contributed by atoms with Gasteiger partial charge in [-0.15, -0.1) is 0 Å². The van der Waals surface area contributed by atoms with Gasteiger partial charge in [-0.05, 0) is 12.5 Å². The number of hydrogen-bond acceptors (Lipinski definition) is 3. The molecule has 0 aliphatic carbocycles. The second kappa shape index (κ2) is 4.42. The Balaban J connectivity index is 2.09. The number of rotatable bonds is 4. The molecule has 1 saturated heterocycles. The maximum Gasteiger partial charge on any atom is 0.323 e. The van der Waals surface area contributed by atoms with Crippen molar-refractivity contribution in [2.75, 3.05) is 13.1 Å². The van der Waals surface area contributed by atoms with Crippen LogP contribution in [-0.4, -0.2) is 40.1 Å². The van der Waals surface area contributed by atoms with E-state index in [1.807, 2.05) is 42.2 Å². The molecule has 1 aliphatic heterocycles. The Hall–Kier alpha value is -1.88. The Morgan fingerprint density at radius 3 is 2.11 bits per heavy atom. The van der Waals surface area contributed by atoms with Gasteiger partial charge in [0.1, 0.15) is 0 Å². The Labute approximate surface area is 105 Å². The van der Waals surface area contributed by atoms with E-state index in [1.165, 1.54) is 0 Å². The summed E-state index contributed by atoms with van der Waals surface area (Å²) in [4.78, 5) is 23.9. The minimum atomic E-state index is -1.64. The highest BCUT2D eigenvalue weighted by molar-refractivity contribution is 6.00. The van der Waals surface area contributed by atoms with Crippen LogP contribution in [0.4, 0.5) is 0 Å². The van der Waals surface area contributed by atoms with Crippen LogP contribution in [-0.2, 0) is 9.59 Å². The second-order valence-corrected chi connectivity index (χ2v) is 4.68. The molecule has 2 rings (SSSR count). The van der Waals surface area contributed by atoms with Gasteiger partial charge in [0.2, 0.25) is 0 Å². The largest absolute Gasteiger partial charge is 0.480 e. The van der Waals surface area contributed by atoms with Crippen molar-refractivity contribution < 1.29 is 19.8 Å². The van der Waals surface area contributed by atoms with Gasteiger partial charge in [0.05, 0.1) is 0 Å². The average molecular weight is 249 g/mol. The highest BCUT2D eigenvalue weighted by Gasteiger charge is 2.57. The molecule has 0 spiro atoms. The number of likely N-dealkylation sites (tertiary alicyclic amines) is 1. The Morgan fingerprint density at radius 2 is 1.67 bits per heavy atom. The fourth-order valence-electron chi connectivity index (χ4n) is 2.23. The Morgan fingerprint density at radius 1 is 1.17 bits per heavy atom.